The molecule has 1 saturated carbocycles. The highest BCUT2D eigenvalue weighted by atomic mass is 35.5. The minimum absolute atomic E-state index is 0.0283. The Morgan fingerprint density at radius 1 is 1.21 bits per heavy atom. The van der Waals surface area contributed by atoms with E-state index in [0.717, 1.165) is 5.69 Å². The molecule has 0 bridgehead atoms. The first-order valence-corrected chi connectivity index (χ1v) is 9.41. The van der Waals surface area contributed by atoms with Gasteiger partial charge in [-0.15, -0.1) is 5.10 Å². The number of benzene rings is 2. The molecule has 0 spiro atoms. The number of hydrogen-bond donors (Lipinski definition) is 2. The quantitative estimate of drug-likeness (QED) is 0.684. The molecule has 1 fully saturated rings. The Morgan fingerprint density at radius 3 is 2.75 bits per heavy atom. The summed E-state index contributed by atoms with van der Waals surface area (Å²) in [5.41, 5.74) is 6.75. The molecule has 8 heteroatoms. The normalized spacial score (nSPS) is 21.8. The average Bonchev–Trinajstić information content (AvgIpc) is 3.24. The molecule has 2 aromatic carbocycles. The Hall–Kier alpha value is -2.48. The molecule has 3 aromatic rings. The van der Waals surface area contributed by atoms with Gasteiger partial charge < -0.3 is 15.6 Å². The fraction of sp³-hybridized carbons (Fsp3) is 0.300. The Bertz CT molecular complexity index is 970. The van der Waals surface area contributed by atoms with Crippen LogP contribution in [0.5, 0.6) is 5.75 Å². The van der Waals surface area contributed by atoms with Crippen molar-refractivity contribution in [1.82, 2.24) is 14.8 Å². The van der Waals surface area contributed by atoms with Crippen LogP contribution in [-0.2, 0) is 6.61 Å². The maximum atomic E-state index is 13.3. The predicted octanol–water partition coefficient (Wildman–Crippen LogP) is 3.20. The molecule has 0 saturated heterocycles. The minimum Gasteiger partial charge on any atom is -0.485 e. The van der Waals surface area contributed by atoms with E-state index in [1.807, 2.05) is 12.1 Å². The van der Waals surface area contributed by atoms with Crippen LogP contribution in [0, 0.1) is 5.82 Å². The van der Waals surface area contributed by atoms with E-state index in [-0.39, 0.29) is 24.4 Å². The third kappa shape index (κ3) is 4.01. The van der Waals surface area contributed by atoms with Gasteiger partial charge in [-0.25, -0.2) is 14.1 Å². The molecule has 0 aliphatic heterocycles. The van der Waals surface area contributed by atoms with E-state index >= 15 is 0 Å². The molecular formula is C20H20ClFN4O2. The average molecular weight is 403 g/mol. The lowest BCUT2D eigenvalue weighted by molar-refractivity contribution is 0.163. The summed E-state index contributed by atoms with van der Waals surface area (Å²) in [6.45, 7) is 0.0886. The predicted molar refractivity (Wildman–Crippen MR) is 103 cm³/mol. The smallest absolute Gasteiger partial charge is 0.188 e. The highest BCUT2D eigenvalue weighted by Crippen LogP contribution is 2.34. The van der Waals surface area contributed by atoms with Crippen LogP contribution in [0.25, 0.3) is 5.69 Å². The summed E-state index contributed by atoms with van der Waals surface area (Å²) in [7, 11) is 0. The monoisotopic (exact) mass is 402 g/mol. The number of nitrogens with zero attached hydrogens (tertiary/aromatic N) is 3. The molecule has 3 N–H and O–H groups in total. The lowest BCUT2D eigenvalue weighted by Gasteiger charge is -2.11. The fourth-order valence-electron chi connectivity index (χ4n) is 3.46. The van der Waals surface area contributed by atoms with Crippen molar-refractivity contribution in [2.45, 2.75) is 37.5 Å². The number of nitrogens with two attached hydrogens (primary N) is 1. The third-order valence-electron chi connectivity index (χ3n) is 4.83. The zero-order valence-electron chi connectivity index (χ0n) is 15.0. The number of aliphatic hydroxyl groups is 1. The number of hydrogen-bond acceptors (Lipinski definition) is 5. The number of aliphatic hydroxyl groups excluding tert-OH is 1. The molecule has 28 heavy (non-hydrogen) atoms. The Labute approximate surface area is 166 Å². The Balaban J connectivity index is 1.64. The summed E-state index contributed by atoms with van der Waals surface area (Å²) in [6, 6.07) is 12.9. The van der Waals surface area contributed by atoms with E-state index in [1.165, 1.54) is 12.1 Å². The second-order valence-electron chi connectivity index (χ2n) is 6.92. The van der Waals surface area contributed by atoms with Crippen molar-refractivity contribution in [1.29, 1.82) is 0 Å². The number of rotatable bonds is 5. The summed E-state index contributed by atoms with van der Waals surface area (Å²) < 4.78 is 20.7. The summed E-state index contributed by atoms with van der Waals surface area (Å²) >= 11 is 6.13. The maximum Gasteiger partial charge on any atom is 0.188 e. The van der Waals surface area contributed by atoms with Gasteiger partial charge in [-0.2, -0.15) is 0 Å². The molecule has 1 heterocycles. The maximum absolute atomic E-state index is 13.3. The summed E-state index contributed by atoms with van der Waals surface area (Å²) in [5, 5.41) is 15.2. The van der Waals surface area contributed by atoms with Gasteiger partial charge in [0.05, 0.1) is 11.8 Å². The van der Waals surface area contributed by atoms with Crippen molar-refractivity contribution in [3.05, 3.63) is 71.0 Å². The van der Waals surface area contributed by atoms with Crippen LogP contribution in [0.1, 0.15) is 30.4 Å². The van der Waals surface area contributed by atoms with Crippen molar-refractivity contribution in [2.75, 3.05) is 0 Å². The van der Waals surface area contributed by atoms with Gasteiger partial charge in [0.1, 0.15) is 24.0 Å². The standard InChI is InChI=1S/C20H20ClFN4O2/c21-13-3-1-5-15(9-13)26-20(12-7-17(23)18(27)8-12)24-19(25-26)11-28-16-6-2-4-14(22)10-16/h1-6,9-10,12,17-18,27H,7-8,11,23H2/t12-,17+,18+/m0/s1. The van der Waals surface area contributed by atoms with E-state index in [9.17, 15) is 9.50 Å². The van der Waals surface area contributed by atoms with E-state index in [1.54, 1.807) is 28.9 Å². The zero-order chi connectivity index (χ0) is 19.7. The van der Waals surface area contributed by atoms with Crippen LogP contribution in [-0.4, -0.2) is 32.0 Å². The molecule has 1 aliphatic rings. The van der Waals surface area contributed by atoms with E-state index < -0.39 is 6.10 Å². The van der Waals surface area contributed by atoms with Gasteiger partial charge in [0, 0.05) is 23.0 Å². The van der Waals surface area contributed by atoms with Crippen LogP contribution in [0.4, 0.5) is 4.39 Å². The lowest BCUT2D eigenvalue weighted by Crippen LogP contribution is -2.28. The number of ether oxygens (including phenoxy) is 1. The molecule has 146 valence electrons. The van der Waals surface area contributed by atoms with Gasteiger partial charge in [-0.1, -0.05) is 23.7 Å². The molecule has 6 nitrogen and oxygen atoms in total. The molecule has 0 unspecified atom stereocenters. The van der Waals surface area contributed by atoms with Crippen LogP contribution >= 0.6 is 11.6 Å². The highest BCUT2D eigenvalue weighted by molar-refractivity contribution is 6.30. The molecule has 0 amide bonds. The first-order chi connectivity index (χ1) is 13.5. The summed E-state index contributed by atoms with van der Waals surface area (Å²) in [5.74, 6) is 1.16. The SMILES string of the molecule is N[C@@H]1C[C@H](c2nc(COc3cccc(F)c3)nn2-c2cccc(Cl)c2)C[C@H]1O. The Morgan fingerprint density at radius 2 is 2.04 bits per heavy atom. The van der Waals surface area contributed by atoms with Crippen LogP contribution in [0.2, 0.25) is 5.02 Å². The lowest BCUT2D eigenvalue weighted by atomic mass is 10.1. The zero-order valence-corrected chi connectivity index (χ0v) is 15.8. The highest BCUT2D eigenvalue weighted by Gasteiger charge is 2.35. The van der Waals surface area contributed by atoms with E-state index in [0.29, 0.717) is 35.3 Å². The Kier molecular flexibility index (Phi) is 5.30. The van der Waals surface area contributed by atoms with Crippen molar-refractivity contribution >= 4 is 11.6 Å². The molecule has 4 rings (SSSR count). The number of halogens is 2. The van der Waals surface area contributed by atoms with Crippen LogP contribution in [0.15, 0.2) is 48.5 Å². The van der Waals surface area contributed by atoms with Crippen molar-refractivity contribution in [3.8, 4) is 11.4 Å². The fourth-order valence-corrected chi connectivity index (χ4v) is 3.64. The van der Waals surface area contributed by atoms with Gasteiger partial charge in [0.2, 0.25) is 0 Å². The second kappa shape index (κ2) is 7.87. The van der Waals surface area contributed by atoms with Crippen LogP contribution in [0.3, 0.4) is 0 Å². The van der Waals surface area contributed by atoms with Crippen molar-refractivity contribution in [2.24, 2.45) is 5.73 Å². The van der Waals surface area contributed by atoms with Gasteiger partial charge in [-0.3, -0.25) is 0 Å². The van der Waals surface area contributed by atoms with Gasteiger partial charge in [0.15, 0.2) is 5.82 Å². The summed E-state index contributed by atoms with van der Waals surface area (Å²) in [4.78, 5) is 4.63. The summed E-state index contributed by atoms with van der Waals surface area (Å²) in [6.07, 6.45) is 0.566. The van der Waals surface area contributed by atoms with Crippen LogP contribution < -0.4 is 10.5 Å². The topological polar surface area (TPSA) is 86.2 Å². The first-order valence-electron chi connectivity index (χ1n) is 9.03. The first kappa shape index (κ1) is 18.9. The largest absolute Gasteiger partial charge is 0.485 e. The third-order valence-corrected chi connectivity index (χ3v) is 5.07. The molecule has 1 aromatic heterocycles. The van der Waals surface area contributed by atoms with Gasteiger partial charge >= 0.3 is 0 Å². The van der Waals surface area contributed by atoms with Crippen molar-refractivity contribution < 1.29 is 14.2 Å². The van der Waals surface area contributed by atoms with Crippen molar-refractivity contribution in [3.63, 3.8) is 0 Å². The van der Waals surface area contributed by atoms with E-state index in [2.05, 4.69) is 10.1 Å². The second-order valence-corrected chi connectivity index (χ2v) is 7.36. The van der Waals surface area contributed by atoms with E-state index in [4.69, 9.17) is 22.1 Å². The van der Waals surface area contributed by atoms with Gasteiger partial charge in [0.25, 0.3) is 0 Å². The number of aromatic nitrogens is 3. The molecule has 1 aliphatic carbocycles. The molecule has 3 atom stereocenters. The van der Waals surface area contributed by atoms with Gasteiger partial charge in [-0.05, 0) is 43.2 Å². The molecular weight excluding hydrogens is 383 g/mol. The molecule has 0 radical (unpaired) electrons. The minimum atomic E-state index is -0.568.